The zero-order chi connectivity index (χ0) is 25.6. The third-order valence-electron chi connectivity index (χ3n) is 6.27. The van der Waals surface area contributed by atoms with Gasteiger partial charge < -0.3 is 14.7 Å². The molecule has 0 fully saturated rings. The minimum absolute atomic E-state index is 0.0157. The number of carboxylic acid groups (broad SMARTS) is 1. The van der Waals surface area contributed by atoms with Crippen molar-refractivity contribution in [2.24, 2.45) is 0 Å². The number of nitrogens with zero attached hydrogens (tertiary/aromatic N) is 2. The Morgan fingerprint density at radius 2 is 1.51 bits per heavy atom. The molecule has 0 aromatic heterocycles. The Labute approximate surface area is 210 Å². The van der Waals surface area contributed by atoms with Crippen molar-refractivity contribution in [2.75, 3.05) is 31.6 Å². The maximum absolute atomic E-state index is 13.4. The van der Waals surface area contributed by atoms with Crippen LogP contribution in [0.15, 0.2) is 48.5 Å². The van der Waals surface area contributed by atoms with E-state index in [2.05, 4.69) is 6.92 Å². The number of unbranched alkanes of at least 4 members (excludes halogenated alkanes) is 4. The summed E-state index contributed by atoms with van der Waals surface area (Å²) in [6.45, 7) is 7.79. The van der Waals surface area contributed by atoms with Gasteiger partial charge >= 0.3 is 12.0 Å². The lowest BCUT2D eigenvalue weighted by Crippen LogP contribution is -2.42. The molecule has 192 valence electrons. The van der Waals surface area contributed by atoms with Crippen molar-refractivity contribution < 1.29 is 19.4 Å². The van der Waals surface area contributed by atoms with Gasteiger partial charge in [0, 0.05) is 38.9 Å². The molecule has 0 saturated carbocycles. The predicted molar refractivity (Wildman–Crippen MR) is 142 cm³/mol. The van der Waals surface area contributed by atoms with E-state index in [1.165, 1.54) is 24.8 Å². The summed E-state index contributed by atoms with van der Waals surface area (Å²) in [6, 6.07) is 16.0. The lowest BCUT2D eigenvalue weighted by Gasteiger charge is -2.28. The molecule has 2 aromatic rings. The molecule has 1 N–H and O–H groups in total. The van der Waals surface area contributed by atoms with Crippen LogP contribution in [0.2, 0.25) is 0 Å². The number of carboxylic acids is 1. The Morgan fingerprint density at radius 1 is 0.886 bits per heavy atom. The van der Waals surface area contributed by atoms with Crippen LogP contribution < -0.4 is 4.90 Å². The van der Waals surface area contributed by atoms with E-state index in [1.54, 1.807) is 11.8 Å². The van der Waals surface area contributed by atoms with Crippen molar-refractivity contribution in [1.82, 2.24) is 4.90 Å². The van der Waals surface area contributed by atoms with E-state index in [-0.39, 0.29) is 6.03 Å². The summed E-state index contributed by atoms with van der Waals surface area (Å²) in [7, 11) is 1.84. The highest BCUT2D eigenvalue weighted by Gasteiger charge is 2.20. The molecule has 0 saturated heterocycles. The summed E-state index contributed by atoms with van der Waals surface area (Å²) in [5, 5.41) is 9.31. The van der Waals surface area contributed by atoms with Crippen LogP contribution in [-0.2, 0) is 22.4 Å². The molecule has 1 unspecified atom stereocenters. The summed E-state index contributed by atoms with van der Waals surface area (Å²) >= 11 is 0. The van der Waals surface area contributed by atoms with Crippen molar-refractivity contribution in [1.29, 1.82) is 0 Å². The SMILES string of the molecule is CCCCCCCN(CCc1ccc(CC(OCC)C(=O)O)cc1)C(=O)N(C)c1ccc(C)cc1. The van der Waals surface area contributed by atoms with Gasteiger partial charge in [0.2, 0.25) is 0 Å². The Balaban J connectivity index is 2.02. The molecule has 0 spiro atoms. The number of hydrogen-bond donors (Lipinski definition) is 1. The first-order chi connectivity index (χ1) is 16.8. The Kier molecular flexibility index (Phi) is 12.3. The van der Waals surface area contributed by atoms with Crippen LogP contribution in [0.1, 0.15) is 62.6 Å². The third-order valence-corrected chi connectivity index (χ3v) is 6.27. The van der Waals surface area contributed by atoms with Crippen LogP contribution in [0.5, 0.6) is 0 Å². The van der Waals surface area contributed by atoms with Crippen molar-refractivity contribution >= 4 is 17.7 Å². The number of aliphatic carboxylic acids is 1. The molecular weight excluding hydrogens is 440 g/mol. The number of benzene rings is 2. The fourth-order valence-corrected chi connectivity index (χ4v) is 4.04. The highest BCUT2D eigenvalue weighted by Crippen LogP contribution is 2.17. The standard InChI is InChI=1S/C29H42N2O4/c1-5-7-8-9-10-20-31(29(34)30(4)26-17-11-23(3)12-18-26)21-19-24-13-15-25(16-14-24)22-27(28(32)33)35-6-2/h11-18,27H,5-10,19-22H2,1-4H3,(H,32,33). The van der Waals surface area contributed by atoms with Gasteiger partial charge in [-0.3, -0.25) is 4.90 Å². The lowest BCUT2D eigenvalue weighted by molar-refractivity contribution is -0.149. The molecule has 1 atom stereocenters. The molecule has 35 heavy (non-hydrogen) atoms. The van der Waals surface area contributed by atoms with E-state index < -0.39 is 12.1 Å². The molecule has 6 nitrogen and oxygen atoms in total. The van der Waals surface area contributed by atoms with E-state index in [1.807, 2.05) is 67.4 Å². The van der Waals surface area contributed by atoms with Gasteiger partial charge in [-0.15, -0.1) is 0 Å². The summed E-state index contributed by atoms with van der Waals surface area (Å²) in [6.07, 6.45) is 6.02. The van der Waals surface area contributed by atoms with E-state index in [9.17, 15) is 14.7 Å². The van der Waals surface area contributed by atoms with Gasteiger partial charge in [0.25, 0.3) is 0 Å². The largest absolute Gasteiger partial charge is 0.479 e. The second kappa shape index (κ2) is 15.2. The number of amides is 2. The second-order valence-corrected chi connectivity index (χ2v) is 9.13. The highest BCUT2D eigenvalue weighted by atomic mass is 16.5. The minimum Gasteiger partial charge on any atom is -0.479 e. The van der Waals surface area contributed by atoms with Crippen LogP contribution in [0.3, 0.4) is 0 Å². The van der Waals surface area contributed by atoms with Gasteiger partial charge in [0.15, 0.2) is 6.10 Å². The fourth-order valence-electron chi connectivity index (χ4n) is 4.04. The summed E-state index contributed by atoms with van der Waals surface area (Å²) in [4.78, 5) is 28.4. The molecule has 0 heterocycles. The second-order valence-electron chi connectivity index (χ2n) is 9.13. The number of rotatable bonds is 15. The maximum atomic E-state index is 13.4. The Morgan fingerprint density at radius 3 is 2.11 bits per heavy atom. The first-order valence-electron chi connectivity index (χ1n) is 12.9. The van der Waals surface area contributed by atoms with Crippen LogP contribution in [-0.4, -0.2) is 54.9 Å². The van der Waals surface area contributed by atoms with E-state index in [0.29, 0.717) is 19.6 Å². The molecule has 0 aliphatic heterocycles. The first kappa shape index (κ1) is 28.4. The molecule has 0 aliphatic carbocycles. The van der Waals surface area contributed by atoms with Crippen molar-refractivity contribution in [3.05, 3.63) is 65.2 Å². The van der Waals surface area contributed by atoms with Crippen LogP contribution >= 0.6 is 0 Å². The van der Waals surface area contributed by atoms with E-state index >= 15 is 0 Å². The molecule has 2 rings (SSSR count). The molecule has 2 amide bonds. The molecule has 2 aromatic carbocycles. The topological polar surface area (TPSA) is 70.1 Å². The van der Waals surface area contributed by atoms with Gasteiger partial charge in [-0.1, -0.05) is 74.6 Å². The number of aryl methyl sites for hydroxylation is 1. The third kappa shape index (κ3) is 9.73. The monoisotopic (exact) mass is 482 g/mol. The number of hydrogen-bond acceptors (Lipinski definition) is 3. The number of carbonyl (C=O) groups excluding carboxylic acids is 1. The first-order valence-corrected chi connectivity index (χ1v) is 12.9. The molecule has 0 radical (unpaired) electrons. The normalized spacial score (nSPS) is 11.8. The molecular formula is C29H42N2O4. The average Bonchev–Trinajstić information content (AvgIpc) is 2.86. The van der Waals surface area contributed by atoms with Gasteiger partial charge in [-0.05, 0) is 49.9 Å². The summed E-state index contributed by atoms with van der Waals surface area (Å²) in [5.41, 5.74) is 4.11. The molecule has 0 aliphatic rings. The van der Waals surface area contributed by atoms with Gasteiger partial charge in [0.1, 0.15) is 0 Å². The smallest absolute Gasteiger partial charge is 0.333 e. The Bertz CT molecular complexity index is 896. The van der Waals surface area contributed by atoms with Crippen molar-refractivity contribution in [2.45, 2.75) is 71.8 Å². The van der Waals surface area contributed by atoms with Crippen LogP contribution in [0.25, 0.3) is 0 Å². The average molecular weight is 483 g/mol. The van der Waals surface area contributed by atoms with Gasteiger partial charge in [-0.25, -0.2) is 9.59 Å². The quantitative estimate of drug-likeness (QED) is 0.312. The Hall–Kier alpha value is -2.86. The van der Waals surface area contributed by atoms with Crippen LogP contribution in [0, 0.1) is 6.92 Å². The number of ether oxygens (including phenoxy) is 1. The number of anilines is 1. The lowest BCUT2D eigenvalue weighted by atomic mass is 10.0. The van der Waals surface area contributed by atoms with Crippen molar-refractivity contribution in [3.8, 4) is 0 Å². The van der Waals surface area contributed by atoms with Gasteiger partial charge in [-0.2, -0.15) is 0 Å². The highest BCUT2D eigenvalue weighted by molar-refractivity contribution is 5.91. The van der Waals surface area contributed by atoms with E-state index in [0.717, 1.165) is 42.6 Å². The van der Waals surface area contributed by atoms with Crippen LogP contribution in [0.4, 0.5) is 10.5 Å². The summed E-state index contributed by atoms with van der Waals surface area (Å²) in [5.74, 6) is -0.943. The zero-order valence-corrected chi connectivity index (χ0v) is 21.8. The number of urea groups is 1. The van der Waals surface area contributed by atoms with Gasteiger partial charge in [0.05, 0.1) is 0 Å². The molecule has 0 bridgehead atoms. The maximum Gasteiger partial charge on any atom is 0.333 e. The summed E-state index contributed by atoms with van der Waals surface area (Å²) < 4.78 is 5.32. The van der Waals surface area contributed by atoms with Crippen molar-refractivity contribution in [3.63, 3.8) is 0 Å². The molecule has 6 heteroatoms. The fraction of sp³-hybridized carbons (Fsp3) is 0.517. The zero-order valence-electron chi connectivity index (χ0n) is 21.8. The minimum atomic E-state index is -0.943. The predicted octanol–water partition coefficient (Wildman–Crippen LogP) is 6.10. The number of carbonyl (C=O) groups is 2. The van der Waals surface area contributed by atoms with E-state index in [4.69, 9.17) is 4.74 Å².